The first-order chi connectivity index (χ1) is 31.7. The molecule has 1 aliphatic rings. The lowest BCUT2D eigenvalue weighted by Crippen LogP contribution is -2.56. The smallest absolute Gasteiger partial charge is 0.255 e. The highest BCUT2D eigenvalue weighted by Gasteiger charge is 2.36. The van der Waals surface area contributed by atoms with Crippen LogP contribution in [0.1, 0.15) is 72.9 Å². The van der Waals surface area contributed by atoms with Crippen molar-refractivity contribution < 1.29 is 33.4 Å². The van der Waals surface area contributed by atoms with Crippen molar-refractivity contribution in [2.75, 3.05) is 46.4 Å². The molecule has 350 valence electrons. The van der Waals surface area contributed by atoms with Gasteiger partial charge in [-0.1, -0.05) is 57.2 Å². The number of benzene rings is 3. The SMILES string of the molecule is CCc1nc(-c2ccc(CC(C)C)cc2)ncc1C(=O)NC(CCN)C(=O)N(C)[C@@H]1C(=O)N[C@@H](C)C(=O)N[C@H](C(=O)NCC#N)Cc2ccc(OCCN)c(c2)-c2cc1ccc2OCCN. The minimum absolute atomic E-state index is 0.00298. The zero-order valence-corrected chi connectivity index (χ0v) is 38.2. The van der Waals surface area contributed by atoms with Crippen LogP contribution in [0.25, 0.3) is 22.5 Å². The van der Waals surface area contributed by atoms with E-state index in [1.165, 1.54) is 30.6 Å². The summed E-state index contributed by atoms with van der Waals surface area (Å²) in [4.78, 5) is 80.8. The molecule has 0 saturated carbocycles. The maximum absolute atomic E-state index is 14.7. The highest BCUT2D eigenvalue weighted by Crippen LogP contribution is 2.40. The van der Waals surface area contributed by atoms with Crippen LogP contribution in [-0.4, -0.2) is 109 Å². The zero-order valence-electron chi connectivity index (χ0n) is 38.2. The molecule has 0 fully saturated rings. The fourth-order valence-corrected chi connectivity index (χ4v) is 7.64. The number of nitrogens with zero attached hydrogens (tertiary/aromatic N) is 4. The molecule has 4 aromatic rings. The third-order valence-electron chi connectivity index (χ3n) is 10.9. The molecule has 2 heterocycles. The van der Waals surface area contributed by atoms with Gasteiger partial charge in [-0.15, -0.1) is 0 Å². The molecular formula is C48H61N11O7. The van der Waals surface area contributed by atoms with E-state index in [1.807, 2.05) is 37.3 Å². The van der Waals surface area contributed by atoms with E-state index in [2.05, 4.69) is 40.1 Å². The number of amides is 5. The van der Waals surface area contributed by atoms with E-state index in [0.29, 0.717) is 57.6 Å². The maximum Gasteiger partial charge on any atom is 0.255 e. The summed E-state index contributed by atoms with van der Waals surface area (Å²) in [6.45, 7) is 8.00. The first-order valence-corrected chi connectivity index (χ1v) is 22.1. The van der Waals surface area contributed by atoms with Crippen LogP contribution in [0.3, 0.4) is 0 Å². The lowest BCUT2D eigenvalue weighted by atomic mass is 9.93. The Morgan fingerprint density at radius 2 is 1.59 bits per heavy atom. The Bertz CT molecular complexity index is 2400. The first-order valence-electron chi connectivity index (χ1n) is 22.1. The van der Waals surface area contributed by atoms with Crippen molar-refractivity contribution in [1.29, 1.82) is 5.26 Å². The number of nitrogens with two attached hydrogens (primary N) is 3. The topological polar surface area (TPSA) is 283 Å². The molecule has 0 aliphatic carbocycles. The molecule has 4 atom stereocenters. The highest BCUT2D eigenvalue weighted by atomic mass is 16.5. The van der Waals surface area contributed by atoms with Crippen molar-refractivity contribution in [2.45, 2.75) is 77.5 Å². The molecule has 4 bridgehead atoms. The Morgan fingerprint density at radius 3 is 2.21 bits per heavy atom. The minimum atomic E-state index is -1.40. The van der Waals surface area contributed by atoms with Crippen LogP contribution in [0.5, 0.6) is 11.5 Å². The number of hydrogen-bond acceptors (Lipinski definition) is 13. The van der Waals surface area contributed by atoms with Gasteiger partial charge in [0.15, 0.2) is 5.82 Å². The molecule has 0 radical (unpaired) electrons. The van der Waals surface area contributed by atoms with Gasteiger partial charge < -0.3 is 52.8 Å². The van der Waals surface area contributed by atoms with E-state index < -0.39 is 53.7 Å². The van der Waals surface area contributed by atoms with E-state index >= 15 is 0 Å². The summed E-state index contributed by atoms with van der Waals surface area (Å²) in [7, 11) is 1.42. The van der Waals surface area contributed by atoms with E-state index in [-0.39, 0.29) is 57.8 Å². The Kier molecular flexibility index (Phi) is 18.1. The number of carbonyl (C=O) groups is 5. The zero-order chi connectivity index (χ0) is 47.9. The highest BCUT2D eigenvalue weighted by molar-refractivity contribution is 6.00. The molecule has 3 aromatic carbocycles. The number of rotatable bonds is 18. The molecule has 18 nitrogen and oxygen atoms in total. The Balaban J connectivity index is 1.56. The molecule has 66 heavy (non-hydrogen) atoms. The molecule has 18 heteroatoms. The van der Waals surface area contributed by atoms with Gasteiger partial charge in [-0.2, -0.15) is 5.26 Å². The van der Waals surface area contributed by atoms with Gasteiger partial charge in [0.1, 0.15) is 55.4 Å². The molecule has 5 rings (SSSR count). The van der Waals surface area contributed by atoms with Crippen molar-refractivity contribution in [3.8, 4) is 40.1 Å². The third-order valence-corrected chi connectivity index (χ3v) is 10.9. The van der Waals surface area contributed by atoms with E-state index in [9.17, 15) is 24.0 Å². The predicted octanol–water partition coefficient (Wildman–Crippen LogP) is 2.08. The summed E-state index contributed by atoms with van der Waals surface area (Å²) < 4.78 is 12.2. The van der Waals surface area contributed by atoms with Crippen LogP contribution >= 0.6 is 0 Å². The van der Waals surface area contributed by atoms with Crippen LogP contribution in [-0.2, 0) is 38.4 Å². The largest absolute Gasteiger partial charge is 0.492 e. The molecule has 5 amide bonds. The molecule has 1 unspecified atom stereocenters. The van der Waals surface area contributed by atoms with Crippen LogP contribution in [0.15, 0.2) is 66.9 Å². The Labute approximate surface area is 385 Å². The van der Waals surface area contributed by atoms with Gasteiger partial charge in [0.25, 0.3) is 5.91 Å². The summed E-state index contributed by atoms with van der Waals surface area (Å²) in [6.07, 6.45) is 2.78. The molecule has 1 aromatic heterocycles. The van der Waals surface area contributed by atoms with E-state index in [1.54, 1.807) is 36.4 Å². The summed E-state index contributed by atoms with van der Waals surface area (Å²) in [5.41, 5.74) is 22.2. The van der Waals surface area contributed by atoms with Crippen LogP contribution in [0.2, 0.25) is 0 Å². The Morgan fingerprint density at radius 1 is 0.924 bits per heavy atom. The predicted molar refractivity (Wildman–Crippen MR) is 249 cm³/mol. The van der Waals surface area contributed by atoms with Crippen molar-refractivity contribution in [2.24, 2.45) is 23.1 Å². The number of hydrogen-bond donors (Lipinski definition) is 7. The first kappa shape index (κ1) is 50.1. The second kappa shape index (κ2) is 23.8. The number of carbonyl (C=O) groups excluding carboxylic acids is 5. The standard InChI is InChI=1S/C48H61N11O7/c1-6-37-36(27-54-43(56-37)32-10-7-30(8-11-32)23-28(2)3)45(61)57-38(15-16-49)48(64)59(5)42-33-12-14-41(66-22-19-52)35(26-33)34-24-31(9-13-40(34)65-21-18-51)25-39(46(62)53-20-17-50)58-44(60)29(4)55-47(42)63/h7-14,24,26-29,38-39,42H,6,15-16,18-23,25,49,51-52H2,1-5H3,(H,53,62)(H,55,63)(H,57,61)(H,58,60)/t29-,38?,39-,42-/m0/s1. The Hall–Kier alpha value is -6.94. The van der Waals surface area contributed by atoms with Crippen molar-refractivity contribution >= 4 is 29.5 Å². The van der Waals surface area contributed by atoms with Gasteiger partial charge in [-0.3, -0.25) is 24.0 Å². The number of aromatic nitrogens is 2. The monoisotopic (exact) mass is 903 g/mol. The quantitative estimate of drug-likeness (QED) is 0.0706. The summed E-state index contributed by atoms with van der Waals surface area (Å²) >= 11 is 0. The summed E-state index contributed by atoms with van der Waals surface area (Å²) in [5.74, 6) is -1.60. The van der Waals surface area contributed by atoms with Crippen molar-refractivity contribution in [3.63, 3.8) is 0 Å². The summed E-state index contributed by atoms with van der Waals surface area (Å²) in [5, 5.41) is 19.9. The molecule has 0 spiro atoms. The number of fused-ring (bicyclic) bond motifs is 5. The average molecular weight is 904 g/mol. The number of nitrogens with one attached hydrogen (secondary N) is 4. The van der Waals surface area contributed by atoms with E-state index in [4.69, 9.17) is 36.9 Å². The molecule has 0 saturated heterocycles. The normalized spacial score (nSPS) is 16.5. The van der Waals surface area contributed by atoms with Gasteiger partial charge in [-0.05, 0) is 79.6 Å². The van der Waals surface area contributed by atoms with Gasteiger partial charge in [0.2, 0.25) is 23.6 Å². The average Bonchev–Trinajstić information content (AvgIpc) is 3.31. The second-order valence-electron chi connectivity index (χ2n) is 16.4. The van der Waals surface area contributed by atoms with Crippen molar-refractivity contribution in [1.82, 2.24) is 36.1 Å². The lowest BCUT2D eigenvalue weighted by molar-refractivity contribution is -0.141. The maximum atomic E-state index is 14.7. The lowest BCUT2D eigenvalue weighted by Gasteiger charge is -2.32. The van der Waals surface area contributed by atoms with Gasteiger partial charge in [0, 0.05) is 49.4 Å². The van der Waals surface area contributed by atoms with Gasteiger partial charge >= 0.3 is 0 Å². The van der Waals surface area contributed by atoms with Crippen LogP contribution in [0, 0.1) is 17.2 Å². The third kappa shape index (κ3) is 12.7. The fraction of sp³-hybridized carbons (Fsp3) is 0.417. The fourth-order valence-electron chi connectivity index (χ4n) is 7.64. The van der Waals surface area contributed by atoms with Gasteiger partial charge in [-0.25, -0.2) is 9.97 Å². The molecule has 10 N–H and O–H groups in total. The molecule has 1 aliphatic heterocycles. The van der Waals surface area contributed by atoms with Crippen LogP contribution in [0.4, 0.5) is 0 Å². The van der Waals surface area contributed by atoms with Gasteiger partial charge in [0.05, 0.1) is 17.3 Å². The van der Waals surface area contributed by atoms with E-state index in [0.717, 1.165) is 12.0 Å². The number of ether oxygens (including phenoxy) is 2. The summed E-state index contributed by atoms with van der Waals surface area (Å²) in [6, 6.07) is 15.0. The second-order valence-corrected chi connectivity index (χ2v) is 16.4. The molecular weight excluding hydrogens is 843 g/mol. The number of nitriles is 1. The number of aryl methyl sites for hydroxylation is 1. The van der Waals surface area contributed by atoms with Crippen LogP contribution < -0.4 is 47.9 Å². The van der Waals surface area contributed by atoms with Crippen molar-refractivity contribution in [3.05, 3.63) is 94.8 Å². The number of likely N-dealkylation sites (N-methyl/N-ethyl adjacent to an activating group) is 1. The minimum Gasteiger partial charge on any atom is -0.492 e.